The van der Waals surface area contributed by atoms with Crippen LogP contribution in [0.15, 0.2) is 182 Å². The number of benzene rings is 10. The molecule has 0 saturated heterocycles. The van der Waals surface area contributed by atoms with Crippen LogP contribution in [0.2, 0.25) is 0 Å². The topological polar surface area (TPSA) is 0 Å². The second-order valence-corrected chi connectivity index (χ2v) is 12.3. The lowest BCUT2D eigenvalue weighted by molar-refractivity contribution is 1.62. The summed E-state index contributed by atoms with van der Waals surface area (Å²) in [5, 5.41) is 8.99. The van der Waals surface area contributed by atoms with Gasteiger partial charge in [-0.25, -0.2) is 0 Å². The zero-order valence-corrected chi connectivity index (χ0v) is 25.7. The molecule has 0 aliphatic carbocycles. The molecule has 0 nitrogen and oxygen atoms in total. The second-order valence-electron chi connectivity index (χ2n) is 12.3. The molecule has 0 heterocycles. The summed E-state index contributed by atoms with van der Waals surface area (Å²) >= 11 is 0. The number of hydrogen-bond acceptors (Lipinski definition) is 0. The minimum atomic E-state index is -0.125. The lowest BCUT2D eigenvalue weighted by atomic mass is 9.87. The Morgan fingerprint density at radius 2 is 0.625 bits per heavy atom. The molecule has 48 heavy (non-hydrogen) atoms. The second kappa shape index (κ2) is 10.7. The van der Waals surface area contributed by atoms with Gasteiger partial charge < -0.3 is 0 Å². The summed E-state index contributed by atoms with van der Waals surface area (Å²) in [6, 6.07) is 41.5. The molecule has 0 N–H and O–H groups in total. The van der Waals surface area contributed by atoms with Crippen molar-refractivity contribution in [3.63, 3.8) is 0 Å². The zero-order valence-electron chi connectivity index (χ0n) is 33.7. The van der Waals surface area contributed by atoms with Crippen LogP contribution in [-0.2, 0) is 0 Å². The monoisotopic (exact) mass is 614 g/mol. The SMILES string of the molecule is [2H]c1c([2H])c(-c2ccc3ccc4c(-c5c([2H])c([2H])c(-c6ccc7ccccc7c6)c([2H])c5[2H])ccc5ccc2c3c54)c([2H])c([2H])c1-c1ccc2ccccc2c1. The molecule has 0 saturated carbocycles. The third-order valence-corrected chi connectivity index (χ3v) is 9.53. The van der Waals surface area contributed by atoms with Gasteiger partial charge in [-0.3, -0.25) is 0 Å². The Morgan fingerprint density at radius 3 is 1.06 bits per heavy atom. The van der Waals surface area contributed by atoms with Crippen molar-refractivity contribution < 1.29 is 11.0 Å². The molecule has 0 unspecified atom stereocenters. The summed E-state index contributed by atoms with van der Waals surface area (Å²) in [5.74, 6) is 0. The molecule has 0 heteroatoms. The maximum absolute atomic E-state index is 9.24. The van der Waals surface area contributed by atoms with Gasteiger partial charge in [-0.1, -0.05) is 170 Å². The first-order valence-corrected chi connectivity index (χ1v) is 16.0. The van der Waals surface area contributed by atoms with E-state index in [4.69, 9.17) is 5.48 Å². The van der Waals surface area contributed by atoms with Crippen LogP contribution in [0.3, 0.4) is 0 Å². The normalized spacial score (nSPS) is 14.1. The summed E-state index contributed by atoms with van der Waals surface area (Å²) < 4.78 is 73.5. The lowest BCUT2D eigenvalue weighted by Gasteiger charge is -2.17. The molecule has 0 bridgehead atoms. The molecular formula is C48H30. The molecule has 0 spiro atoms. The molecule has 0 amide bonds. The van der Waals surface area contributed by atoms with Crippen molar-refractivity contribution in [2.75, 3.05) is 0 Å². The maximum atomic E-state index is 9.24. The summed E-state index contributed by atoms with van der Waals surface area (Å²) in [5.41, 5.74) is 3.32. The summed E-state index contributed by atoms with van der Waals surface area (Å²) in [4.78, 5) is 0. The molecule has 10 aromatic carbocycles. The van der Waals surface area contributed by atoms with Gasteiger partial charge in [0, 0.05) is 0 Å². The predicted octanol–water partition coefficient (Wildman–Crippen LogP) is 13.6. The van der Waals surface area contributed by atoms with Crippen molar-refractivity contribution in [1.29, 1.82) is 0 Å². The Kier molecular flexibility index (Phi) is 4.46. The van der Waals surface area contributed by atoms with Crippen LogP contribution in [0.1, 0.15) is 11.0 Å². The van der Waals surface area contributed by atoms with Gasteiger partial charge in [-0.15, -0.1) is 0 Å². The van der Waals surface area contributed by atoms with E-state index >= 15 is 0 Å². The molecular weight excluding hydrogens is 577 g/mol. The van der Waals surface area contributed by atoms with Crippen molar-refractivity contribution in [3.05, 3.63) is 182 Å². The quantitative estimate of drug-likeness (QED) is 0.173. The molecule has 0 atom stereocenters. The fourth-order valence-corrected chi connectivity index (χ4v) is 7.11. The van der Waals surface area contributed by atoms with Crippen LogP contribution in [-0.4, -0.2) is 0 Å². The Labute approximate surface area is 290 Å². The molecule has 0 fully saturated rings. The molecule has 0 aliphatic heterocycles. The Hall–Kier alpha value is -6.24. The molecule has 10 rings (SSSR count). The van der Waals surface area contributed by atoms with Gasteiger partial charge in [0.1, 0.15) is 0 Å². The molecule has 0 aromatic heterocycles. The fraction of sp³-hybridized carbons (Fsp3) is 0. The van der Waals surface area contributed by atoms with Crippen LogP contribution >= 0.6 is 0 Å². The van der Waals surface area contributed by atoms with Crippen LogP contribution in [0.4, 0.5) is 0 Å². The Morgan fingerprint density at radius 1 is 0.271 bits per heavy atom. The van der Waals surface area contributed by atoms with Gasteiger partial charge >= 0.3 is 0 Å². The first-order valence-electron chi connectivity index (χ1n) is 20.0. The van der Waals surface area contributed by atoms with Gasteiger partial charge in [0.15, 0.2) is 0 Å². The van der Waals surface area contributed by atoms with E-state index in [9.17, 15) is 5.48 Å². The highest BCUT2D eigenvalue weighted by molar-refractivity contribution is 6.27. The largest absolute Gasteiger partial charge is 0.0629 e. The number of hydrogen-bond donors (Lipinski definition) is 0. The third-order valence-electron chi connectivity index (χ3n) is 9.53. The summed E-state index contributed by atoms with van der Waals surface area (Å²) in [6.45, 7) is 0. The van der Waals surface area contributed by atoms with Gasteiger partial charge in [0.05, 0.1) is 11.0 Å². The van der Waals surface area contributed by atoms with Crippen LogP contribution < -0.4 is 0 Å². The lowest BCUT2D eigenvalue weighted by Crippen LogP contribution is -1.90. The number of rotatable bonds is 4. The first-order chi connectivity index (χ1) is 27.1. The minimum Gasteiger partial charge on any atom is -0.0616 e. The smallest absolute Gasteiger partial charge is 0.0616 e. The van der Waals surface area contributed by atoms with Crippen molar-refractivity contribution >= 4 is 53.9 Å². The van der Waals surface area contributed by atoms with Crippen molar-refractivity contribution in [3.8, 4) is 44.5 Å². The van der Waals surface area contributed by atoms with Gasteiger partial charge in [-0.2, -0.15) is 0 Å². The Balaban J connectivity index is 1.17. The predicted molar refractivity (Wildman–Crippen MR) is 207 cm³/mol. The highest BCUT2D eigenvalue weighted by atomic mass is 14.2. The molecule has 0 radical (unpaired) electrons. The van der Waals surface area contributed by atoms with Crippen molar-refractivity contribution in [2.24, 2.45) is 0 Å². The van der Waals surface area contributed by atoms with E-state index in [2.05, 4.69) is 0 Å². The van der Waals surface area contributed by atoms with Crippen molar-refractivity contribution in [2.45, 2.75) is 0 Å². The van der Waals surface area contributed by atoms with E-state index < -0.39 is 0 Å². The molecule has 10 aromatic rings. The Bertz CT molecular complexity index is 3020. The van der Waals surface area contributed by atoms with E-state index in [0.29, 0.717) is 22.3 Å². The summed E-state index contributed by atoms with van der Waals surface area (Å²) in [6.07, 6.45) is 0. The average Bonchev–Trinajstić information content (AvgIpc) is 3.22. The standard InChI is InChI=1S/C48H30/c1-3-7-39-29-41(19-13-31(39)5-1)33-9-15-35(16-10-33)43-25-21-37-24-28-46-44(26-22-38-23-27-45(43)47(37)48(38)46)36-17-11-34(12-18-36)42-20-14-32-6-2-4-8-40(32)30-42/h1-30H/i9D,10D,11D,12D,15D,16D,17D,18D. The van der Waals surface area contributed by atoms with Crippen LogP contribution in [0.5, 0.6) is 0 Å². The van der Waals surface area contributed by atoms with E-state index in [0.717, 1.165) is 53.9 Å². The highest BCUT2D eigenvalue weighted by Gasteiger charge is 2.15. The fourth-order valence-electron chi connectivity index (χ4n) is 7.11. The maximum Gasteiger partial charge on any atom is 0.0629 e. The van der Waals surface area contributed by atoms with Crippen LogP contribution in [0, 0.1) is 0 Å². The molecule has 0 aliphatic rings. The van der Waals surface area contributed by atoms with Crippen molar-refractivity contribution in [1.82, 2.24) is 0 Å². The average molecular weight is 615 g/mol. The van der Waals surface area contributed by atoms with Gasteiger partial charge in [-0.05, 0) is 111 Å². The summed E-state index contributed by atoms with van der Waals surface area (Å²) in [7, 11) is 0. The third kappa shape index (κ3) is 4.31. The highest BCUT2D eigenvalue weighted by Crippen LogP contribution is 2.43. The van der Waals surface area contributed by atoms with E-state index in [1.165, 1.54) is 0 Å². The minimum absolute atomic E-state index is 0.111. The number of fused-ring (bicyclic) bond motifs is 2. The first kappa shape index (κ1) is 20.1. The van der Waals surface area contributed by atoms with Gasteiger partial charge in [0.25, 0.3) is 0 Å². The van der Waals surface area contributed by atoms with Crippen LogP contribution in [0.25, 0.3) is 98.4 Å². The molecule has 222 valence electrons. The van der Waals surface area contributed by atoms with Gasteiger partial charge in [0.2, 0.25) is 0 Å². The van der Waals surface area contributed by atoms with E-state index in [1.807, 2.05) is 133 Å². The van der Waals surface area contributed by atoms with E-state index in [1.54, 1.807) is 0 Å². The zero-order chi connectivity index (χ0) is 38.6. The van der Waals surface area contributed by atoms with E-state index in [-0.39, 0.29) is 70.6 Å².